The third-order valence-corrected chi connectivity index (χ3v) is 3.12. The number of nitrogens with one attached hydrogen (secondary N) is 1. The van der Waals surface area contributed by atoms with Gasteiger partial charge in [0.2, 0.25) is 5.91 Å². The highest BCUT2D eigenvalue weighted by molar-refractivity contribution is 5.79. The Morgan fingerprint density at radius 2 is 2.25 bits per heavy atom. The first-order chi connectivity index (χ1) is 5.47. The Balaban J connectivity index is 2.71. The Kier molecular flexibility index (Phi) is 2.45. The molecular weight excluding hydrogens is 150 g/mol. The third kappa shape index (κ3) is 1.62. The van der Waals surface area contributed by atoms with Crippen molar-refractivity contribution in [3.63, 3.8) is 0 Å². The van der Waals surface area contributed by atoms with Gasteiger partial charge >= 0.3 is 0 Å². The van der Waals surface area contributed by atoms with Crippen LogP contribution >= 0.6 is 0 Å². The van der Waals surface area contributed by atoms with E-state index >= 15 is 0 Å². The SMILES string of the molecule is CCC(C)C1CC(=O)NC1(C)C. The molecule has 70 valence electrons. The van der Waals surface area contributed by atoms with Crippen LogP contribution in [0.5, 0.6) is 0 Å². The second-order valence-electron chi connectivity index (χ2n) is 4.47. The van der Waals surface area contributed by atoms with Crippen LogP contribution in [0, 0.1) is 11.8 Å². The summed E-state index contributed by atoms with van der Waals surface area (Å²) in [5.41, 5.74) is 0.00646. The topological polar surface area (TPSA) is 29.1 Å². The van der Waals surface area contributed by atoms with E-state index in [1.54, 1.807) is 0 Å². The van der Waals surface area contributed by atoms with E-state index in [4.69, 9.17) is 0 Å². The van der Waals surface area contributed by atoms with Crippen molar-refractivity contribution in [2.24, 2.45) is 11.8 Å². The van der Waals surface area contributed by atoms with Crippen LogP contribution in [0.1, 0.15) is 40.5 Å². The molecule has 0 aliphatic carbocycles. The Bertz CT molecular complexity index is 186. The standard InChI is InChI=1S/C10H19NO/c1-5-7(2)8-6-9(12)11-10(8,3)4/h7-8H,5-6H2,1-4H3,(H,11,12). The summed E-state index contributed by atoms with van der Waals surface area (Å²) in [6.07, 6.45) is 1.87. The first kappa shape index (κ1) is 9.56. The molecule has 2 unspecified atom stereocenters. The quantitative estimate of drug-likeness (QED) is 0.672. The normalized spacial score (nSPS) is 30.0. The molecule has 1 rings (SSSR count). The molecular formula is C10H19NO. The zero-order valence-electron chi connectivity index (χ0n) is 8.48. The molecule has 0 aromatic heterocycles. The van der Waals surface area contributed by atoms with E-state index in [2.05, 4.69) is 33.0 Å². The van der Waals surface area contributed by atoms with E-state index in [1.807, 2.05) is 0 Å². The second kappa shape index (κ2) is 3.08. The molecule has 0 bridgehead atoms. The molecule has 1 aliphatic rings. The van der Waals surface area contributed by atoms with Crippen LogP contribution in [0.4, 0.5) is 0 Å². The number of carbonyl (C=O) groups excluding carboxylic acids is 1. The Morgan fingerprint density at radius 3 is 2.58 bits per heavy atom. The summed E-state index contributed by atoms with van der Waals surface area (Å²) in [6, 6.07) is 0. The lowest BCUT2D eigenvalue weighted by atomic mass is 9.79. The van der Waals surface area contributed by atoms with Gasteiger partial charge in [0.25, 0.3) is 0 Å². The van der Waals surface area contributed by atoms with E-state index in [1.165, 1.54) is 0 Å². The van der Waals surface area contributed by atoms with E-state index in [-0.39, 0.29) is 11.4 Å². The van der Waals surface area contributed by atoms with Crippen LogP contribution in [0.3, 0.4) is 0 Å². The lowest BCUT2D eigenvalue weighted by Crippen LogP contribution is -2.41. The molecule has 1 aliphatic heterocycles. The maximum Gasteiger partial charge on any atom is 0.220 e. The molecule has 2 atom stereocenters. The molecule has 2 heteroatoms. The third-order valence-electron chi connectivity index (χ3n) is 3.12. The van der Waals surface area contributed by atoms with Crippen molar-refractivity contribution >= 4 is 5.91 Å². The van der Waals surface area contributed by atoms with Crippen LogP contribution in [0.2, 0.25) is 0 Å². The molecule has 0 spiro atoms. The molecule has 1 fully saturated rings. The van der Waals surface area contributed by atoms with Crippen LogP contribution in [0.25, 0.3) is 0 Å². The predicted octanol–water partition coefficient (Wildman–Crippen LogP) is 1.95. The van der Waals surface area contributed by atoms with Gasteiger partial charge in [-0.1, -0.05) is 20.3 Å². The average molecular weight is 169 g/mol. The zero-order chi connectivity index (χ0) is 9.35. The van der Waals surface area contributed by atoms with Gasteiger partial charge in [-0.3, -0.25) is 4.79 Å². The second-order valence-corrected chi connectivity index (χ2v) is 4.47. The molecule has 0 radical (unpaired) electrons. The van der Waals surface area contributed by atoms with Gasteiger partial charge < -0.3 is 5.32 Å². The van der Waals surface area contributed by atoms with Gasteiger partial charge in [0.1, 0.15) is 0 Å². The van der Waals surface area contributed by atoms with Gasteiger partial charge in [-0.25, -0.2) is 0 Å². The summed E-state index contributed by atoms with van der Waals surface area (Å²) in [5.74, 6) is 1.36. The molecule has 0 aromatic carbocycles. The highest BCUT2D eigenvalue weighted by Crippen LogP contribution is 2.34. The van der Waals surface area contributed by atoms with E-state index in [0.29, 0.717) is 18.3 Å². The molecule has 2 nitrogen and oxygen atoms in total. The van der Waals surface area contributed by atoms with Crippen molar-refractivity contribution in [2.45, 2.75) is 46.1 Å². The van der Waals surface area contributed by atoms with Crippen LogP contribution in [0.15, 0.2) is 0 Å². The summed E-state index contributed by atoms with van der Waals surface area (Å²) in [7, 11) is 0. The molecule has 0 aromatic rings. The van der Waals surface area contributed by atoms with Crippen molar-refractivity contribution in [2.75, 3.05) is 0 Å². The molecule has 1 amide bonds. The van der Waals surface area contributed by atoms with E-state index in [9.17, 15) is 4.79 Å². The van der Waals surface area contributed by atoms with Gasteiger partial charge in [0.15, 0.2) is 0 Å². The lowest BCUT2D eigenvalue weighted by Gasteiger charge is -2.30. The fraction of sp³-hybridized carbons (Fsp3) is 0.900. The average Bonchev–Trinajstić information content (AvgIpc) is 2.23. The van der Waals surface area contributed by atoms with Gasteiger partial charge in [0.05, 0.1) is 0 Å². The maximum absolute atomic E-state index is 11.2. The van der Waals surface area contributed by atoms with Crippen molar-refractivity contribution in [1.29, 1.82) is 0 Å². The first-order valence-corrected chi connectivity index (χ1v) is 4.78. The predicted molar refractivity (Wildman–Crippen MR) is 49.8 cm³/mol. The summed E-state index contributed by atoms with van der Waals surface area (Å²) in [4.78, 5) is 11.2. The number of amides is 1. The Hall–Kier alpha value is -0.530. The first-order valence-electron chi connectivity index (χ1n) is 4.78. The van der Waals surface area contributed by atoms with Gasteiger partial charge in [0, 0.05) is 12.0 Å². The highest BCUT2D eigenvalue weighted by Gasteiger charge is 2.41. The van der Waals surface area contributed by atoms with Crippen molar-refractivity contribution in [3.8, 4) is 0 Å². The van der Waals surface area contributed by atoms with E-state index in [0.717, 1.165) is 6.42 Å². The van der Waals surface area contributed by atoms with E-state index < -0.39 is 0 Å². The monoisotopic (exact) mass is 169 g/mol. The Morgan fingerprint density at radius 1 is 1.67 bits per heavy atom. The van der Waals surface area contributed by atoms with Crippen molar-refractivity contribution in [3.05, 3.63) is 0 Å². The number of hydrogen-bond donors (Lipinski definition) is 1. The molecule has 12 heavy (non-hydrogen) atoms. The van der Waals surface area contributed by atoms with Gasteiger partial charge in [-0.05, 0) is 25.7 Å². The van der Waals surface area contributed by atoms with Gasteiger partial charge in [-0.2, -0.15) is 0 Å². The maximum atomic E-state index is 11.2. The van der Waals surface area contributed by atoms with Crippen molar-refractivity contribution in [1.82, 2.24) is 5.32 Å². The molecule has 1 N–H and O–H groups in total. The fourth-order valence-corrected chi connectivity index (χ4v) is 2.15. The zero-order valence-corrected chi connectivity index (χ0v) is 8.48. The highest BCUT2D eigenvalue weighted by atomic mass is 16.2. The van der Waals surface area contributed by atoms with Crippen molar-refractivity contribution < 1.29 is 4.79 Å². The van der Waals surface area contributed by atoms with Crippen LogP contribution in [-0.4, -0.2) is 11.4 Å². The fourth-order valence-electron chi connectivity index (χ4n) is 2.15. The summed E-state index contributed by atoms with van der Waals surface area (Å²) < 4.78 is 0. The minimum atomic E-state index is 0.00646. The summed E-state index contributed by atoms with van der Waals surface area (Å²) in [6.45, 7) is 8.65. The van der Waals surface area contributed by atoms with Gasteiger partial charge in [-0.15, -0.1) is 0 Å². The lowest BCUT2D eigenvalue weighted by molar-refractivity contribution is -0.119. The number of carbonyl (C=O) groups is 1. The van der Waals surface area contributed by atoms with Crippen LogP contribution in [-0.2, 0) is 4.79 Å². The Labute approximate surface area is 74.7 Å². The summed E-state index contributed by atoms with van der Waals surface area (Å²) in [5, 5.41) is 3.02. The smallest absolute Gasteiger partial charge is 0.220 e. The minimum absolute atomic E-state index is 0.00646. The molecule has 0 saturated carbocycles. The molecule has 1 heterocycles. The summed E-state index contributed by atoms with van der Waals surface area (Å²) >= 11 is 0. The largest absolute Gasteiger partial charge is 0.351 e. The van der Waals surface area contributed by atoms with Crippen LogP contribution < -0.4 is 5.32 Å². The number of hydrogen-bond acceptors (Lipinski definition) is 1. The minimum Gasteiger partial charge on any atom is -0.351 e. The number of rotatable bonds is 2. The molecule has 1 saturated heterocycles.